The van der Waals surface area contributed by atoms with Crippen LogP contribution in [0.4, 0.5) is 0 Å². The Morgan fingerprint density at radius 3 is 2.45 bits per heavy atom. The zero-order chi connectivity index (χ0) is 15.6. The van der Waals surface area contributed by atoms with Crippen molar-refractivity contribution in [2.75, 3.05) is 19.9 Å². The molecule has 1 aromatic heterocycles. The zero-order valence-electron chi connectivity index (χ0n) is 13.1. The van der Waals surface area contributed by atoms with Gasteiger partial charge in [0.05, 0.1) is 29.8 Å². The van der Waals surface area contributed by atoms with E-state index in [9.17, 15) is 8.42 Å². The number of hydrogen-bond donors (Lipinski definition) is 1. The van der Waals surface area contributed by atoms with Crippen LogP contribution in [0.5, 0.6) is 5.75 Å². The Hall–Kier alpha value is -1.08. The Morgan fingerprint density at radius 2 is 2.05 bits per heavy atom. The largest absolute Gasteiger partial charge is 0.493 e. The van der Waals surface area contributed by atoms with E-state index in [4.69, 9.17) is 4.74 Å². The molecule has 7 heteroatoms. The van der Waals surface area contributed by atoms with Gasteiger partial charge in [0, 0.05) is 12.8 Å². The van der Waals surface area contributed by atoms with E-state index < -0.39 is 14.6 Å². The first-order valence-corrected chi connectivity index (χ1v) is 8.62. The van der Waals surface area contributed by atoms with Crippen LogP contribution < -0.4 is 10.1 Å². The summed E-state index contributed by atoms with van der Waals surface area (Å²) in [5.74, 6) is 0.606. The van der Waals surface area contributed by atoms with Crippen LogP contribution in [0.2, 0.25) is 0 Å². The van der Waals surface area contributed by atoms with Crippen LogP contribution in [0.25, 0.3) is 0 Å². The Kier molecular flexibility index (Phi) is 5.21. The van der Waals surface area contributed by atoms with Crippen molar-refractivity contribution >= 4 is 9.84 Å². The number of nitrogens with one attached hydrogen (secondary N) is 1. The Morgan fingerprint density at radius 1 is 1.45 bits per heavy atom. The Labute approximate surface area is 121 Å². The summed E-state index contributed by atoms with van der Waals surface area (Å²) in [5.41, 5.74) is 0.771. The van der Waals surface area contributed by atoms with Crippen molar-refractivity contribution in [3.63, 3.8) is 0 Å². The van der Waals surface area contributed by atoms with E-state index in [0.29, 0.717) is 18.8 Å². The van der Waals surface area contributed by atoms with Crippen molar-refractivity contribution in [2.24, 2.45) is 0 Å². The molecular formula is C13H25N3O3S. The fourth-order valence-corrected chi connectivity index (χ4v) is 2.79. The maximum Gasteiger partial charge on any atom is 0.161 e. The molecular weight excluding hydrogens is 278 g/mol. The van der Waals surface area contributed by atoms with Gasteiger partial charge in [0.2, 0.25) is 0 Å². The van der Waals surface area contributed by atoms with Crippen LogP contribution in [0.3, 0.4) is 0 Å². The maximum absolute atomic E-state index is 12.2. The molecule has 1 atom stereocenters. The molecule has 1 N–H and O–H groups in total. The third kappa shape index (κ3) is 2.98. The van der Waals surface area contributed by atoms with Crippen LogP contribution in [0, 0.1) is 0 Å². The van der Waals surface area contributed by atoms with Crippen molar-refractivity contribution in [3.8, 4) is 5.75 Å². The topological polar surface area (TPSA) is 73.2 Å². The van der Waals surface area contributed by atoms with Gasteiger partial charge in [-0.2, -0.15) is 5.10 Å². The van der Waals surface area contributed by atoms with E-state index in [1.807, 2.05) is 13.8 Å². The number of methoxy groups -OCH3 is 1. The number of aromatic nitrogens is 2. The summed E-state index contributed by atoms with van der Waals surface area (Å²) in [5, 5.41) is 7.52. The third-order valence-electron chi connectivity index (χ3n) is 3.70. The summed E-state index contributed by atoms with van der Waals surface area (Å²) in [6.45, 7) is 8.67. The van der Waals surface area contributed by atoms with Gasteiger partial charge >= 0.3 is 0 Å². The Bertz CT molecular complexity index is 528. The maximum atomic E-state index is 12.2. The van der Waals surface area contributed by atoms with Gasteiger partial charge in [-0.05, 0) is 27.3 Å². The molecule has 0 aromatic carbocycles. The van der Waals surface area contributed by atoms with Crippen LogP contribution in [-0.4, -0.2) is 42.9 Å². The van der Waals surface area contributed by atoms with Crippen molar-refractivity contribution in [3.05, 3.63) is 11.9 Å². The monoisotopic (exact) mass is 303 g/mol. The molecule has 0 amide bonds. The smallest absolute Gasteiger partial charge is 0.161 e. The van der Waals surface area contributed by atoms with E-state index in [-0.39, 0.29) is 6.04 Å². The van der Waals surface area contributed by atoms with Crippen LogP contribution >= 0.6 is 0 Å². The molecule has 116 valence electrons. The molecule has 0 aliphatic rings. The van der Waals surface area contributed by atoms with E-state index in [1.54, 1.807) is 31.8 Å². The number of nitrogens with zero attached hydrogens (tertiary/aromatic N) is 2. The predicted octanol–water partition coefficient (Wildman–Crippen LogP) is 1.39. The highest BCUT2D eigenvalue weighted by Crippen LogP contribution is 2.36. The average molecular weight is 303 g/mol. The molecule has 20 heavy (non-hydrogen) atoms. The molecule has 1 aromatic rings. The highest BCUT2D eigenvalue weighted by molar-refractivity contribution is 7.92. The van der Waals surface area contributed by atoms with Crippen molar-refractivity contribution in [1.29, 1.82) is 0 Å². The lowest BCUT2D eigenvalue weighted by Gasteiger charge is -2.34. The van der Waals surface area contributed by atoms with Gasteiger partial charge in [-0.25, -0.2) is 8.42 Å². The molecule has 1 unspecified atom stereocenters. The molecule has 0 spiro atoms. The summed E-state index contributed by atoms with van der Waals surface area (Å²) in [7, 11) is -1.69. The van der Waals surface area contributed by atoms with E-state index in [1.165, 1.54) is 6.26 Å². The van der Waals surface area contributed by atoms with E-state index in [2.05, 4.69) is 10.4 Å². The molecule has 0 saturated heterocycles. The second kappa shape index (κ2) is 6.13. The fraction of sp³-hybridized carbons (Fsp3) is 0.769. The minimum atomic E-state index is -3.26. The first kappa shape index (κ1) is 17.0. The minimum Gasteiger partial charge on any atom is -0.493 e. The summed E-state index contributed by atoms with van der Waals surface area (Å²) >= 11 is 0. The molecule has 0 fully saturated rings. The number of ether oxygens (including phenoxy) is 1. The number of aryl methyl sites for hydroxylation is 1. The van der Waals surface area contributed by atoms with Crippen molar-refractivity contribution in [2.45, 2.75) is 45.0 Å². The SMILES string of the molecule is CCNC(c1c(OC)cnn1CC)C(C)(C)S(C)(=O)=O. The molecule has 1 heterocycles. The molecule has 6 nitrogen and oxygen atoms in total. The molecule has 0 radical (unpaired) electrons. The number of rotatable bonds is 7. The summed E-state index contributed by atoms with van der Waals surface area (Å²) in [6.07, 6.45) is 2.89. The predicted molar refractivity (Wildman–Crippen MR) is 79.8 cm³/mol. The number of sulfone groups is 1. The fourth-order valence-electron chi connectivity index (χ4n) is 2.17. The van der Waals surface area contributed by atoms with Crippen molar-refractivity contribution < 1.29 is 13.2 Å². The second-order valence-electron chi connectivity index (χ2n) is 5.28. The highest BCUT2D eigenvalue weighted by Gasteiger charge is 2.42. The lowest BCUT2D eigenvalue weighted by molar-refractivity contribution is 0.364. The van der Waals surface area contributed by atoms with Crippen LogP contribution in [0.1, 0.15) is 39.4 Å². The van der Waals surface area contributed by atoms with Crippen LogP contribution in [0.15, 0.2) is 6.20 Å². The molecule has 0 aliphatic carbocycles. The van der Waals surface area contributed by atoms with Gasteiger partial charge in [0.25, 0.3) is 0 Å². The first-order valence-electron chi connectivity index (χ1n) is 6.73. The van der Waals surface area contributed by atoms with Gasteiger partial charge < -0.3 is 10.1 Å². The quantitative estimate of drug-likeness (QED) is 0.824. The standard InChI is InChI=1S/C13H25N3O3S/c1-7-14-12(13(3,4)20(6,17)18)11-10(19-5)9-15-16(11)8-2/h9,12,14H,7-8H2,1-6H3. The summed E-state index contributed by atoms with van der Waals surface area (Å²) in [6, 6.07) is -0.389. The lowest BCUT2D eigenvalue weighted by Crippen LogP contribution is -2.46. The average Bonchev–Trinajstić information content (AvgIpc) is 2.76. The normalized spacial score (nSPS) is 14.3. The first-order chi connectivity index (χ1) is 9.20. The Balaban J connectivity index is 3.45. The molecule has 1 rings (SSSR count). The van der Waals surface area contributed by atoms with Gasteiger partial charge in [-0.3, -0.25) is 4.68 Å². The van der Waals surface area contributed by atoms with Gasteiger partial charge in [-0.1, -0.05) is 6.92 Å². The van der Waals surface area contributed by atoms with E-state index in [0.717, 1.165) is 5.69 Å². The molecule has 0 saturated carbocycles. The van der Waals surface area contributed by atoms with E-state index >= 15 is 0 Å². The lowest BCUT2D eigenvalue weighted by atomic mass is 9.99. The van der Waals surface area contributed by atoms with Gasteiger partial charge in [0.1, 0.15) is 0 Å². The summed E-state index contributed by atoms with van der Waals surface area (Å²) in [4.78, 5) is 0. The second-order valence-corrected chi connectivity index (χ2v) is 7.88. The highest BCUT2D eigenvalue weighted by atomic mass is 32.2. The summed E-state index contributed by atoms with van der Waals surface area (Å²) < 4.78 is 30.5. The molecule has 0 bridgehead atoms. The van der Waals surface area contributed by atoms with Gasteiger partial charge in [-0.15, -0.1) is 0 Å². The van der Waals surface area contributed by atoms with Gasteiger partial charge in [0.15, 0.2) is 15.6 Å². The number of hydrogen-bond acceptors (Lipinski definition) is 5. The minimum absolute atomic E-state index is 0.389. The van der Waals surface area contributed by atoms with Crippen LogP contribution in [-0.2, 0) is 16.4 Å². The van der Waals surface area contributed by atoms with Crippen molar-refractivity contribution in [1.82, 2.24) is 15.1 Å². The molecule has 0 aliphatic heterocycles. The zero-order valence-corrected chi connectivity index (χ0v) is 13.9. The third-order valence-corrected chi connectivity index (χ3v) is 5.84.